The van der Waals surface area contributed by atoms with Crippen molar-refractivity contribution in [2.75, 3.05) is 64.6 Å². The van der Waals surface area contributed by atoms with Crippen LogP contribution in [0.15, 0.2) is 41.3 Å². The van der Waals surface area contributed by atoms with E-state index in [0.29, 0.717) is 16.7 Å². The largest absolute Gasteiger partial charge is 0.395 e. The van der Waals surface area contributed by atoms with Crippen molar-refractivity contribution in [1.29, 1.82) is 0 Å². The molecule has 2 unspecified atom stereocenters. The molecule has 10 heteroatoms. The molecule has 3 N–H and O–H groups in total. The molecule has 0 radical (unpaired) electrons. The Labute approximate surface area is 229 Å². The molecule has 2 atom stereocenters. The molecule has 6 rings (SSSR count). The summed E-state index contributed by atoms with van der Waals surface area (Å²) in [6, 6.07) is 11.2. The first-order valence-corrected chi connectivity index (χ1v) is 16.4. The number of fused-ring (bicyclic) bond motifs is 1. The minimum absolute atomic E-state index is 0.205. The lowest BCUT2D eigenvalue weighted by Crippen LogP contribution is -2.35. The first-order valence-electron chi connectivity index (χ1n) is 13.5. The quantitative estimate of drug-likeness (QED) is 0.397. The van der Waals surface area contributed by atoms with Crippen molar-refractivity contribution in [1.82, 2.24) is 0 Å². The Bertz CT molecular complexity index is 1320. The number of aliphatic hydroxyl groups is 1. The maximum atomic E-state index is 13.6. The van der Waals surface area contributed by atoms with Crippen LogP contribution in [0.25, 0.3) is 0 Å². The highest BCUT2D eigenvalue weighted by Crippen LogP contribution is 2.54. The number of hydrogen-bond acceptors (Lipinski definition) is 7. The summed E-state index contributed by atoms with van der Waals surface area (Å²) >= 11 is 1.73. The molecule has 2 saturated carbocycles. The van der Waals surface area contributed by atoms with Gasteiger partial charge in [-0.2, -0.15) is 0 Å². The van der Waals surface area contributed by atoms with Gasteiger partial charge in [0.05, 0.1) is 35.0 Å². The molecular weight excluding hydrogens is 520 g/mol. The SMILES string of the molecule is CSc1ccc(NC(=O)c2ccc(NS(=O)(=O)CCO)cc2N2CCC3(CC2)CC3)cc1N1CC2CC2C1. The molecule has 38 heavy (non-hydrogen) atoms. The topological polar surface area (TPSA) is 102 Å². The third-order valence-electron chi connectivity index (χ3n) is 8.75. The fourth-order valence-electron chi connectivity index (χ4n) is 6.11. The lowest BCUT2D eigenvalue weighted by Gasteiger charge is -2.35. The summed E-state index contributed by atoms with van der Waals surface area (Å²) in [6.45, 7) is 3.41. The average Bonchev–Trinajstić information content (AvgIpc) is 3.80. The summed E-state index contributed by atoms with van der Waals surface area (Å²) in [5, 5.41) is 12.2. The molecule has 1 spiro atoms. The van der Waals surface area contributed by atoms with Crippen molar-refractivity contribution in [3.05, 3.63) is 42.0 Å². The molecule has 2 saturated heterocycles. The lowest BCUT2D eigenvalue weighted by atomic mass is 9.93. The smallest absolute Gasteiger partial charge is 0.257 e. The van der Waals surface area contributed by atoms with E-state index in [4.69, 9.17) is 5.11 Å². The molecule has 2 aliphatic carbocycles. The molecule has 2 heterocycles. The van der Waals surface area contributed by atoms with Gasteiger partial charge in [-0.1, -0.05) is 0 Å². The van der Waals surface area contributed by atoms with Crippen molar-refractivity contribution in [3.63, 3.8) is 0 Å². The molecular formula is C28H36N4O4S2. The zero-order valence-electron chi connectivity index (χ0n) is 21.8. The summed E-state index contributed by atoms with van der Waals surface area (Å²) in [5.41, 5.74) is 4.09. The number of anilines is 4. The van der Waals surface area contributed by atoms with Crippen LogP contribution in [0.5, 0.6) is 0 Å². The van der Waals surface area contributed by atoms with E-state index in [1.165, 1.54) is 29.8 Å². The van der Waals surface area contributed by atoms with Gasteiger partial charge in [0.2, 0.25) is 10.0 Å². The van der Waals surface area contributed by atoms with E-state index in [1.807, 2.05) is 6.07 Å². The third kappa shape index (κ3) is 5.35. The summed E-state index contributed by atoms with van der Waals surface area (Å²) in [4.78, 5) is 19.5. The molecule has 2 aliphatic heterocycles. The standard InChI is InChI=1S/C28H36N4O4S2/c1-37-26-5-3-21(15-25(26)32-17-19-14-20(19)18-32)29-27(34)23-4-2-22(30-38(35,36)13-12-33)16-24(23)31-10-8-28(6-7-28)9-11-31/h2-5,15-16,19-20,30,33H,6-14,17-18H2,1H3,(H,29,34). The molecule has 4 fully saturated rings. The zero-order valence-corrected chi connectivity index (χ0v) is 23.4. The molecule has 0 aromatic heterocycles. The number of hydrogen-bond donors (Lipinski definition) is 3. The maximum absolute atomic E-state index is 13.6. The van der Waals surface area contributed by atoms with Gasteiger partial charge in [-0.25, -0.2) is 8.42 Å². The summed E-state index contributed by atoms with van der Waals surface area (Å²) in [7, 11) is -3.67. The van der Waals surface area contributed by atoms with Gasteiger partial charge in [0.15, 0.2) is 0 Å². The predicted octanol–water partition coefficient (Wildman–Crippen LogP) is 4.23. The zero-order chi connectivity index (χ0) is 26.5. The lowest BCUT2D eigenvalue weighted by molar-refractivity contribution is 0.102. The Kier molecular flexibility index (Phi) is 6.76. The molecule has 204 valence electrons. The van der Waals surface area contributed by atoms with Crippen LogP contribution in [0, 0.1) is 17.3 Å². The number of sulfonamides is 1. The van der Waals surface area contributed by atoms with Crippen LogP contribution >= 0.6 is 11.8 Å². The number of rotatable bonds is 9. The van der Waals surface area contributed by atoms with Crippen LogP contribution in [0.2, 0.25) is 0 Å². The number of nitrogens with zero attached hydrogens (tertiary/aromatic N) is 2. The van der Waals surface area contributed by atoms with Gasteiger partial charge in [-0.05, 0) is 92.0 Å². The number of amides is 1. The van der Waals surface area contributed by atoms with E-state index in [9.17, 15) is 13.2 Å². The minimum atomic E-state index is -3.67. The average molecular weight is 557 g/mol. The fraction of sp³-hybridized carbons (Fsp3) is 0.536. The van der Waals surface area contributed by atoms with Crippen molar-refractivity contribution in [2.24, 2.45) is 17.3 Å². The van der Waals surface area contributed by atoms with Crippen LogP contribution in [0.3, 0.4) is 0 Å². The Morgan fingerprint density at radius 2 is 1.68 bits per heavy atom. The van der Waals surface area contributed by atoms with Crippen molar-refractivity contribution in [2.45, 2.75) is 37.0 Å². The second-order valence-corrected chi connectivity index (χ2v) is 14.1. The van der Waals surface area contributed by atoms with E-state index < -0.39 is 16.6 Å². The number of benzene rings is 2. The number of carbonyl (C=O) groups excluding carboxylic acids is 1. The van der Waals surface area contributed by atoms with Crippen LogP contribution in [0.1, 0.15) is 42.5 Å². The third-order valence-corrected chi connectivity index (χ3v) is 10.8. The monoisotopic (exact) mass is 556 g/mol. The minimum Gasteiger partial charge on any atom is -0.395 e. The summed E-state index contributed by atoms with van der Waals surface area (Å²) in [5.74, 6) is 1.06. The molecule has 1 amide bonds. The number of aliphatic hydroxyl groups excluding tert-OH is 1. The highest BCUT2D eigenvalue weighted by atomic mass is 32.2. The van der Waals surface area contributed by atoms with E-state index in [2.05, 4.69) is 38.2 Å². The van der Waals surface area contributed by atoms with Gasteiger partial charge in [0.1, 0.15) is 0 Å². The van der Waals surface area contributed by atoms with Crippen LogP contribution in [0.4, 0.5) is 22.7 Å². The maximum Gasteiger partial charge on any atom is 0.257 e. The number of thioether (sulfide) groups is 1. The molecule has 0 bridgehead atoms. The number of piperidine rings is 2. The Morgan fingerprint density at radius 1 is 1.00 bits per heavy atom. The first-order chi connectivity index (χ1) is 18.3. The number of nitrogens with one attached hydrogen (secondary N) is 2. The first kappa shape index (κ1) is 25.8. The normalized spacial score (nSPS) is 23.3. The van der Waals surface area contributed by atoms with E-state index in [1.54, 1.807) is 30.0 Å². The van der Waals surface area contributed by atoms with Crippen molar-refractivity contribution in [3.8, 4) is 0 Å². The second-order valence-electron chi connectivity index (χ2n) is 11.4. The molecule has 4 aliphatic rings. The van der Waals surface area contributed by atoms with E-state index in [-0.39, 0.29) is 11.7 Å². The Morgan fingerprint density at radius 3 is 2.34 bits per heavy atom. The molecule has 2 aromatic carbocycles. The van der Waals surface area contributed by atoms with Crippen LogP contribution < -0.4 is 19.8 Å². The van der Waals surface area contributed by atoms with Crippen LogP contribution in [-0.4, -0.2) is 64.2 Å². The highest BCUT2D eigenvalue weighted by molar-refractivity contribution is 7.98. The van der Waals surface area contributed by atoms with Crippen molar-refractivity contribution < 1.29 is 18.3 Å². The molecule has 8 nitrogen and oxygen atoms in total. The number of carbonyl (C=O) groups is 1. The van der Waals surface area contributed by atoms with Gasteiger partial charge in [-0.15, -0.1) is 11.8 Å². The van der Waals surface area contributed by atoms with Gasteiger partial charge >= 0.3 is 0 Å². The predicted molar refractivity (Wildman–Crippen MR) is 154 cm³/mol. The van der Waals surface area contributed by atoms with Gasteiger partial charge in [0.25, 0.3) is 5.91 Å². The summed E-state index contributed by atoms with van der Waals surface area (Å²) < 4.78 is 27.1. The highest BCUT2D eigenvalue weighted by Gasteiger charge is 2.46. The van der Waals surface area contributed by atoms with Crippen molar-refractivity contribution >= 4 is 50.4 Å². The van der Waals surface area contributed by atoms with Crippen LogP contribution in [-0.2, 0) is 10.0 Å². The Balaban J connectivity index is 1.26. The van der Waals surface area contributed by atoms with Gasteiger partial charge in [-0.3, -0.25) is 9.52 Å². The van der Waals surface area contributed by atoms with E-state index >= 15 is 0 Å². The second kappa shape index (κ2) is 9.95. The van der Waals surface area contributed by atoms with E-state index in [0.717, 1.165) is 62.2 Å². The van der Waals surface area contributed by atoms with Gasteiger partial charge in [0, 0.05) is 36.8 Å². The molecule has 2 aromatic rings. The van der Waals surface area contributed by atoms with Gasteiger partial charge < -0.3 is 20.2 Å². The summed E-state index contributed by atoms with van der Waals surface area (Å²) in [6.07, 6.45) is 8.16. The fourth-order valence-corrected chi connectivity index (χ4v) is 7.54. The Hall–Kier alpha value is -2.43.